The van der Waals surface area contributed by atoms with Crippen molar-refractivity contribution >= 4 is 11.8 Å². The number of hydrogen-bond donors (Lipinski definition) is 3. The molecule has 1 aliphatic heterocycles. The third-order valence-corrected chi connectivity index (χ3v) is 3.59. The fraction of sp³-hybridized carbons (Fsp3) is 0.714. The van der Waals surface area contributed by atoms with E-state index in [-0.39, 0.29) is 23.2 Å². The summed E-state index contributed by atoms with van der Waals surface area (Å²) in [6.07, 6.45) is 3.48. The van der Waals surface area contributed by atoms with Crippen molar-refractivity contribution in [1.29, 1.82) is 0 Å². The molecule has 1 saturated heterocycles. The Labute approximate surface area is 120 Å². The number of carbonyl (C=O) groups is 1. The first-order chi connectivity index (χ1) is 9.17. The van der Waals surface area contributed by atoms with Gasteiger partial charge in [-0.1, -0.05) is 0 Å². The molecule has 0 unspecified atom stereocenters. The van der Waals surface area contributed by atoms with Gasteiger partial charge in [0.15, 0.2) is 0 Å². The van der Waals surface area contributed by atoms with Crippen molar-refractivity contribution in [3.63, 3.8) is 0 Å². The third-order valence-electron chi connectivity index (χ3n) is 3.59. The highest BCUT2D eigenvalue weighted by Gasteiger charge is 2.38. The van der Waals surface area contributed by atoms with Gasteiger partial charge in [-0.2, -0.15) is 5.10 Å². The van der Waals surface area contributed by atoms with Crippen molar-refractivity contribution in [3.05, 3.63) is 12.3 Å². The van der Waals surface area contributed by atoms with Gasteiger partial charge in [0.25, 0.3) is 0 Å². The zero-order valence-corrected chi connectivity index (χ0v) is 12.9. The van der Waals surface area contributed by atoms with Gasteiger partial charge in [-0.15, -0.1) is 0 Å². The molecule has 0 aliphatic carbocycles. The molecule has 2 heterocycles. The van der Waals surface area contributed by atoms with E-state index >= 15 is 0 Å². The number of urea groups is 1. The molecule has 1 aromatic heterocycles. The number of aryl methyl sites for hydroxylation is 1. The predicted molar refractivity (Wildman–Crippen MR) is 79.7 cm³/mol. The number of rotatable bonds is 2. The standard InChI is InChI=1S/C14H25N5O/c1-13(2)8-10(9-14(3,4)18-13)16-12(20)17-11-6-7-15-19(11)5/h6-7,10,18H,8-9H2,1-5H3,(H2,16,17,20). The lowest BCUT2D eigenvalue weighted by Gasteiger charge is -2.46. The van der Waals surface area contributed by atoms with Crippen LogP contribution < -0.4 is 16.0 Å². The minimum absolute atomic E-state index is 0.0201. The number of amides is 2. The van der Waals surface area contributed by atoms with Crippen LogP contribution in [0.3, 0.4) is 0 Å². The topological polar surface area (TPSA) is 71.0 Å². The van der Waals surface area contributed by atoms with Crippen LogP contribution in [0, 0.1) is 0 Å². The fourth-order valence-electron chi connectivity index (χ4n) is 3.26. The minimum Gasteiger partial charge on any atom is -0.335 e. The molecule has 0 saturated carbocycles. The molecule has 1 aliphatic rings. The average molecular weight is 279 g/mol. The van der Waals surface area contributed by atoms with Crippen LogP contribution in [0.2, 0.25) is 0 Å². The molecule has 0 spiro atoms. The quantitative estimate of drug-likeness (QED) is 0.773. The average Bonchev–Trinajstić information content (AvgIpc) is 2.58. The predicted octanol–water partition coefficient (Wildman–Crippen LogP) is 1.85. The Bertz CT molecular complexity index is 476. The molecule has 0 radical (unpaired) electrons. The van der Waals surface area contributed by atoms with Crippen LogP contribution in [-0.2, 0) is 7.05 Å². The number of hydrogen-bond acceptors (Lipinski definition) is 3. The van der Waals surface area contributed by atoms with Crippen LogP contribution in [0.5, 0.6) is 0 Å². The lowest BCUT2D eigenvalue weighted by atomic mass is 9.80. The second-order valence-corrected chi connectivity index (χ2v) is 6.94. The molecule has 6 heteroatoms. The smallest absolute Gasteiger partial charge is 0.320 e. The van der Waals surface area contributed by atoms with Crippen molar-refractivity contribution in [3.8, 4) is 0 Å². The Balaban J connectivity index is 1.95. The second kappa shape index (κ2) is 5.09. The van der Waals surface area contributed by atoms with Gasteiger partial charge in [0.2, 0.25) is 0 Å². The van der Waals surface area contributed by atoms with E-state index in [9.17, 15) is 4.79 Å². The van der Waals surface area contributed by atoms with Gasteiger partial charge in [0, 0.05) is 30.2 Å². The molecule has 2 amide bonds. The third kappa shape index (κ3) is 3.72. The summed E-state index contributed by atoms with van der Waals surface area (Å²) in [4.78, 5) is 12.1. The maximum Gasteiger partial charge on any atom is 0.320 e. The van der Waals surface area contributed by atoms with Crippen molar-refractivity contribution < 1.29 is 4.79 Å². The van der Waals surface area contributed by atoms with E-state index in [0.29, 0.717) is 5.82 Å². The van der Waals surface area contributed by atoms with Crippen molar-refractivity contribution in [1.82, 2.24) is 20.4 Å². The number of nitrogens with one attached hydrogen (secondary N) is 3. The SMILES string of the molecule is Cn1nccc1NC(=O)NC1CC(C)(C)NC(C)(C)C1. The summed E-state index contributed by atoms with van der Waals surface area (Å²) in [6, 6.07) is 1.76. The summed E-state index contributed by atoms with van der Waals surface area (Å²) < 4.78 is 1.63. The van der Waals surface area contributed by atoms with E-state index in [1.807, 2.05) is 0 Å². The highest BCUT2D eigenvalue weighted by Crippen LogP contribution is 2.28. The van der Waals surface area contributed by atoms with E-state index in [1.165, 1.54) is 0 Å². The Morgan fingerprint density at radius 1 is 1.35 bits per heavy atom. The van der Waals surface area contributed by atoms with Crippen LogP contribution in [0.4, 0.5) is 10.6 Å². The van der Waals surface area contributed by atoms with Gasteiger partial charge in [-0.25, -0.2) is 4.79 Å². The van der Waals surface area contributed by atoms with Crippen LogP contribution in [0.15, 0.2) is 12.3 Å². The van der Waals surface area contributed by atoms with Crippen LogP contribution >= 0.6 is 0 Å². The Hall–Kier alpha value is -1.56. The van der Waals surface area contributed by atoms with E-state index in [1.54, 1.807) is 24.0 Å². The monoisotopic (exact) mass is 279 g/mol. The van der Waals surface area contributed by atoms with Crippen LogP contribution in [-0.4, -0.2) is 32.9 Å². The highest BCUT2D eigenvalue weighted by atomic mass is 16.2. The summed E-state index contributed by atoms with van der Waals surface area (Å²) in [7, 11) is 1.80. The molecule has 2 rings (SSSR count). The summed E-state index contributed by atoms with van der Waals surface area (Å²) in [5, 5.41) is 13.5. The maximum atomic E-state index is 12.1. The molecule has 3 N–H and O–H groups in total. The lowest BCUT2D eigenvalue weighted by Crippen LogP contribution is -2.62. The van der Waals surface area contributed by atoms with Gasteiger partial charge in [0.05, 0.1) is 6.20 Å². The lowest BCUT2D eigenvalue weighted by molar-refractivity contribution is 0.149. The molecule has 20 heavy (non-hydrogen) atoms. The molecule has 6 nitrogen and oxygen atoms in total. The van der Waals surface area contributed by atoms with Gasteiger partial charge in [-0.05, 0) is 40.5 Å². The first kappa shape index (κ1) is 14.8. The first-order valence-corrected chi connectivity index (χ1v) is 7.02. The Kier molecular flexibility index (Phi) is 3.77. The van der Waals surface area contributed by atoms with Crippen LogP contribution in [0.25, 0.3) is 0 Å². The van der Waals surface area contributed by atoms with E-state index in [0.717, 1.165) is 12.8 Å². The molecule has 0 atom stereocenters. The molecule has 112 valence electrons. The van der Waals surface area contributed by atoms with Gasteiger partial charge in [0.1, 0.15) is 5.82 Å². The number of aromatic nitrogens is 2. The maximum absolute atomic E-state index is 12.1. The van der Waals surface area contributed by atoms with Crippen molar-refractivity contribution in [2.45, 2.75) is 57.7 Å². The largest absolute Gasteiger partial charge is 0.335 e. The number of anilines is 1. The summed E-state index contributed by atoms with van der Waals surface area (Å²) in [6.45, 7) is 8.67. The Morgan fingerprint density at radius 2 is 1.95 bits per heavy atom. The van der Waals surface area contributed by atoms with E-state index < -0.39 is 0 Å². The highest BCUT2D eigenvalue weighted by molar-refractivity contribution is 5.88. The minimum atomic E-state index is -0.174. The zero-order valence-electron chi connectivity index (χ0n) is 12.9. The molecular weight excluding hydrogens is 254 g/mol. The van der Waals surface area contributed by atoms with E-state index in [2.05, 4.69) is 48.7 Å². The fourth-order valence-corrected chi connectivity index (χ4v) is 3.26. The van der Waals surface area contributed by atoms with E-state index in [4.69, 9.17) is 0 Å². The number of carbonyl (C=O) groups excluding carboxylic acids is 1. The summed E-state index contributed by atoms with van der Waals surface area (Å²) in [5.41, 5.74) is 0.0401. The molecular formula is C14H25N5O. The summed E-state index contributed by atoms with van der Waals surface area (Å²) in [5.74, 6) is 0.690. The Morgan fingerprint density at radius 3 is 2.45 bits per heavy atom. The van der Waals surface area contributed by atoms with Gasteiger partial charge in [-0.3, -0.25) is 10.00 Å². The normalized spacial score (nSPS) is 21.4. The van der Waals surface area contributed by atoms with Crippen molar-refractivity contribution in [2.24, 2.45) is 7.05 Å². The summed E-state index contributed by atoms with van der Waals surface area (Å²) >= 11 is 0. The molecule has 1 fully saturated rings. The van der Waals surface area contributed by atoms with Gasteiger partial charge < -0.3 is 10.6 Å². The number of piperidine rings is 1. The first-order valence-electron chi connectivity index (χ1n) is 7.02. The number of nitrogens with zero attached hydrogens (tertiary/aromatic N) is 2. The van der Waals surface area contributed by atoms with Crippen molar-refractivity contribution in [2.75, 3.05) is 5.32 Å². The molecule has 1 aromatic rings. The van der Waals surface area contributed by atoms with Gasteiger partial charge >= 0.3 is 6.03 Å². The molecule has 0 aromatic carbocycles. The molecule has 0 bridgehead atoms. The second-order valence-electron chi connectivity index (χ2n) is 6.94. The zero-order chi connectivity index (χ0) is 15.0. The van der Waals surface area contributed by atoms with Crippen LogP contribution in [0.1, 0.15) is 40.5 Å².